The Hall–Kier alpha value is -1.28. The lowest BCUT2D eigenvalue weighted by Crippen LogP contribution is -2.29. The van der Waals surface area contributed by atoms with E-state index in [0.717, 1.165) is 12.2 Å². The molecule has 0 aromatic heterocycles. The molecule has 0 radical (unpaired) electrons. The summed E-state index contributed by atoms with van der Waals surface area (Å²) >= 11 is 0. The van der Waals surface area contributed by atoms with Gasteiger partial charge in [-0.15, -0.1) is 0 Å². The first-order chi connectivity index (χ1) is 6.27. The van der Waals surface area contributed by atoms with E-state index in [9.17, 15) is 5.11 Å². The predicted molar refractivity (Wildman–Crippen MR) is 53.6 cm³/mol. The van der Waals surface area contributed by atoms with Crippen molar-refractivity contribution >= 4 is 5.69 Å². The predicted octanol–water partition coefficient (Wildman–Crippen LogP) is 1.77. The molecular weight excluding hydrogens is 162 g/mol. The highest BCUT2D eigenvalue weighted by Crippen LogP contribution is 2.22. The van der Waals surface area contributed by atoms with Crippen LogP contribution in [0.2, 0.25) is 0 Å². The second kappa shape index (κ2) is 3.23. The maximum atomic E-state index is 9.66. The second-order valence-electron chi connectivity index (χ2n) is 3.39. The van der Waals surface area contributed by atoms with Crippen LogP contribution in [0.4, 0.5) is 5.69 Å². The van der Waals surface area contributed by atoms with Gasteiger partial charge in [0, 0.05) is 12.2 Å². The lowest BCUT2D eigenvalue weighted by atomic mass is 10.3. The van der Waals surface area contributed by atoms with Crippen LogP contribution in [0.25, 0.3) is 0 Å². The standard InChI is InChI=1S/C11H13NO/c1-9-7-11(13)12(8-9)10-5-3-2-4-6-10/h2-7,11,13H,8H2,1H3. The Morgan fingerprint density at radius 3 is 2.54 bits per heavy atom. The van der Waals surface area contributed by atoms with Crippen molar-refractivity contribution in [3.63, 3.8) is 0 Å². The molecule has 1 atom stereocenters. The van der Waals surface area contributed by atoms with Gasteiger partial charge in [0.15, 0.2) is 0 Å². The van der Waals surface area contributed by atoms with E-state index in [1.165, 1.54) is 5.57 Å². The summed E-state index contributed by atoms with van der Waals surface area (Å²) in [6, 6.07) is 9.96. The van der Waals surface area contributed by atoms with Gasteiger partial charge in [-0.2, -0.15) is 0 Å². The van der Waals surface area contributed by atoms with Gasteiger partial charge >= 0.3 is 0 Å². The minimum absolute atomic E-state index is 0.456. The average molecular weight is 175 g/mol. The first-order valence-electron chi connectivity index (χ1n) is 4.44. The number of aliphatic hydroxyl groups excluding tert-OH is 1. The van der Waals surface area contributed by atoms with Gasteiger partial charge in [0.25, 0.3) is 0 Å². The lowest BCUT2D eigenvalue weighted by molar-refractivity contribution is 0.227. The molecule has 1 N–H and O–H groups in total. The van der Waals surface area contributed by atoms with Gasteiger partial charge in [-0.05, 0) is 25.1 Å². The van der Waals surface area contributed by atoms with E-state index >= 15 is 0 Å². The fourth-order valence-electron chi connectivity index (χ4n) is 1.62. The summed E-state index contributed by atoms with van der Waals surface area (Å²) in [4.78, 5) is 1.97. The molecule has 1 aliphatic heterocycles. The number of anilines is 1. The fourth-order valence-corrected chi connectivity index (χ4v) is 1.62. The van der Waals surface area contributed by atoms with Crippen molar-refractivity contribution in [2.75, 3.05) is 11.4 Å². The minimum atomic E-state index is -0.456. The third-order valence-electron chi connectivity index (χ3n) is 2.26. The van der Waals surface area contributed by atoms with E-state index in [1.54, 1.807) is 0 Å². The first kappa shape index (κ1) is 8.32. The molecule has 1 aliphatic rings. The van der Waals surface area contributed by atoms with Gasteiger partial charge in [0.1, 0.15) is 6.23 Å². The summed E-state index contributed by atoms with van der Waals surface area (Å²) in [6.45, 7) is 2.86. The summed E-state index contributed by atoms with van der Waals surface area (Å²) < 4.78 is 0. The van der Waals surface area contributed by atoms with Crippen LogP contribution < -0.4 is 4.90 Å². The highest BCUT2D eigenvalue weighted by atomic mass is 16.3. The van der Waals surface area contributed by atoms with Gasteiger partial charge in [-0.25, -0.2) is 0 Å². The van der Waals surface area contributed by atoms with Crippen LogP contribution in [0.1, 0.15) is 6.92 Å². The van der Waals surface area contributed by atoms with Crippen molar-refractivity contribution in [1.29, 1.82) is 0 Å². The van der Waals surface area contributed by atoms with Gasteiger partial charge in [-0.1, -0.05) is 23.8 Å². The second-order valence-corrected chi connectivity index (χ2v) is 3.39. The Labute approximate surface area is 78.1 Å². The molecule has 1 aromatic carbocycles. The molecule has 1 unspecified atom stereocenters. The van der Waals surface area contributed by atoms with Crippen LogP contribution >= 0.6 is 0 Å². The lowest BCUT2D eigenvalue weighted by Gasteiger charge is -2.22. The van der Waals surface area contributed by atoms with Crippen LogP contribution in [0.3, 0.4) is 0 Å². The smallest absolute Gasteiger partial charge is 0.146 e. The van der Waals surface area contributed by atoms with Crippen molar-refractivity contribution in [2.24, 2.45) is 0 Å². The van der Waals surface area contributed by atoms with Crippen LogP contribution in [0, 0.1) is 0 Å². The van der Waals surface area contributed by atoms with Gasteiger partial charge < -0.3 is 10.0 Å². The summed E-state index contributed by atoms with van der Waals surface area (Å²) in [5.41, 5.74) is 2.29. The third-order valence-corrected chi connectivity index (χ3v) is 2.26. The van der Waals surface area contributed by atoms with Crippen molar-refractivity contribution in [1.82, 2.24) is 0 Å². The molecule has 0 saturated carbocycles. The van der Waals surface area contributed by atoms with E-state index < -0.39 is 6.23 Å². The molecule has 0 saturated heterocycles. The summed E-state index contributed by atoms with van der Waals surface area (Å²) in [6.07, 6.45) is 1.43. The molecule has 0 amide bonds. The zero-order valence-corrected chi connectivity index (χ0v) is 7.64. The van der Waals surface area contributed by atoms with Gasteiger partial charge in [-0.3, -0.25) is 0 Å². The molecule has 13 heavy (non-hydrogen) atoms. The number of para-hydroxylation sites is 1. The number of benzene rings is 1. The van der Waals surface area contributed by atoms with Crippen LogP contribution in [-0.2, 0) is 0 Å². The number of hydrogen-bond donors (Lipinski definition) is 1. The number of hydrogen-bond acceptors (Lipinski definition) is 2. The topological polar surface area (TPSA) is 23.5 Å². The van der Waals surface area contributed by atoms with Crippen LogP contribution in [-0.4, -0.2) is 17.9 Å². The van der Waals surface area contributed by atoms with E-state index in [0.29, 0.717) is 0 Å². The Morgan fingerprint density at radius 2 is 2.00 bits per heavy atom. The van der Waals surface area contributed by atoms with Crippen molar-refractivity contribution in [3.05, 3.63) is 42.0 Å². The molecule has 2 heteroatoms. The average Bonchev–Trinajstić information content (AvgIpc) is 2.47. The largest absolute Gasteiger partial charge is 0.370 e. The molecule has 0 aliphatic carbocycles. The Morgan fingerprint density at radius 1 is 1.31 bits per heavy atom. The van der Waals surface area contributed by atoms with E-state index in [2.05, 4.69) is 0 Å². The molecule has 2 nitrogen and oxygen atoms in total. The summed E-state index contributed by atoms with van der Waals surface area (Å²) in [7, 11) is 0. The van der Waals surface area contributed by atoms with E-state index in [1.807, 2.05) is 48.2 Å². The molecule has 2 rings (SSSR count). The van der Waals surface area contributed by atoms with E-state index in [4.69, 9.17) is 0 Å². The molecule has 0 spiro atoms. The number of aliphatic hydroxyl groups is 1. The molecule has 1 heterocycles. The quantitative estimate of drug-likeness (QED) is 0.657. The van der Waals surface area contributed by atoms with E-state index in [-0.39, 0.29) is 0 Å². The molecule has 0 fully saturated rings. The Balaban J connectivity index is 2.21. The van der Waals surface area contributed by atoms with Gasteiger partial charge in [0.05, 0.1) is 0 Å². The molecular formula is C11H13NO. The monoisotopic (exact) mass is 175 g/mol. The Kier molecular flexibility index (Phi) is 2.07. The zero-order valence-electron chi connectivity index (χ0n) is 7.64. The zero-order chi connectivity index (χ0) is 9.26. The molecule has 0 bridgehead atoms. The summed E-state index contributed by atoms with van der Waals surface area (Å²) in [5.74, 6) is 0. The van der Waals surface area contributed by atoms with Crippen molar-refractivity contribution < 1.29 is 5.11 Å². The highest BCUT2D eigenvalue weighted by Gasteiger charge is 2.19. The first-order valence-corrected chi connectivity index (χ1v) is 4.44. The number of nitrogens with zero attached hydrogens (tertiary/aromatic N) is 1. The van der Waals surface area contributed by atoms with Crippen molar-refractivity contribution in [3.8, 4) is 0 Å². The van der Waals surface area contributed by atoms with Gasteiger partial charge in [0.2, 0.25) is 0 Å². The van der Waals surface area contributed by atoms with Crippen LogP contribution in [0.5, 0.6) is 0 Å². The molecule has 1 aromatic rings. The maximum absolute atomic E-state index is 9.66. The fraction of sp³-hybridized carbons (Fsp3) is 0.273. The molecule has 68 valence electrons. The number of rotatable bonds is 1. The highest BCUT2D eigenvalue weighted by molar-refractivity contribution is 5.51. The third kappa shape index (κ3) is 1.58. The van der Waals surface area contributed by atoms with Crippen LogP contribution in [0.15, 0.2) is 42.0 Å². The minimum Gasteiger partial charge on any atom is -0.370 e. The summed E-state index contributed by atoms with van der Waals surface area (Å²) in [5, 5.41) is 9.66. The SMILES string of the molecule is CC1=CC(O)N(c2ccccc2)C1. The maximum Gasteiger partial charge on any atom is 0.146 e. The Bertz CT molecular complexity index is 318. The van der Waals surface area contributed by atoms with Crippen molar-refractivity contribution in [2.45, 2.75) is 13.2 Å². The normalized spacial score (nSPS) is 21.8.